The molecule has 10 nitrogen and oxygen atoms in total. The highest BCUT2D eigenvalue weighted by atomic mass is 16.6. The Balaban J connectivity index is 2.26. The number of hydroxylamine groups is 1. The van der Waals surface area contributed by atoms with Crippen molar-refractivity contribution in [1.29, 1.82) is 0 Å². The molecule has 0 radical (unpaired) electrons. The average molecular weight is 361 g/mol. The van der Waals surface area contributed by atoms with Crippen LogP contribution in [0.15, 0.2) is 22.7 Å². The Kier molecular flexibility index (Phi) is 3.87. The van der Waals surface area contributed by atoms with Gasteiger partial charge in [-0.25, -0.2) is 14.8 Å². The Hall–Kier alpha value is -3.14. The van der Waals surface area contributed by atoms with Crippen molar-refractivity contribution in [3.8, 4) is 0 Å². The van der Waals surface area contributed by atoms with Crippen molar-refractivity contribution < 1.29 is 19.4 Å². The topological polar surface area (TPSA) is 116 Å². The number of non-ortho nitro benzene ring substituents is 1. The van der Waals surface area contributed by atoms with E-state index in [4.69, 9.17) is 4.52 Å². The highest BCUT2D eigenvalue weighted by Crippen LogP contribution is 2.46. The zero-order valence-corrected chi connectivity index (χ0v) is 15.0. The van der Waals surface area contributed by atoms with Crippen LogP contribution in [0.5, 0.6) is 0 Å². The van der Waals surface area contributed by atoms with Gasteiger partial charge in [-0.05, 0) is 12.5 Å². The third kappa shape index (κ3) is 2.54. The summed E-state index contributed by atoms with van der Waals surface area (Å²) in [5.74, 6) is 0.100. The number of aromatic nitrogens is 1. The molecule has 0 bridgehead atoms. The molecule has 0 fully saturated rings. The summed E-state index contributed by atoms with van der Waals surface area (Å²) in [7, 11) is 1.42. The molecule has 0 saturated heterocycles. The highest BCUT2D eigenvalue weighted by molar-refractivity contribution is 5.99. The van der Waals surface area contributed by atoms with Crippen LogP contribution in [-0.4, -0.2) is 33.4 Å². The van der Waals surface area contributed by atoms with Crippen LogP contribution in [0.2, 0.25) is 0 Å². The fraction of sp³-hybridized carbons (Fsp3) is 0.375. The summed E-state index contributed by atoms with van der Waals surface area (Å²) in [4.78, 5) is 23.2. The molecule has 0 aliphatic carbocycles. The predicted octanol–water partition coefficient (Wildman–Crippen LogP) is 3.50. The summed E-state index contributed by atoms with van der Waals surface area (Å²) in [5.41, 5.74) is 0.936. The average Bonchev–Trinajstić information content (AvgIpc) is 2.99. The minimum atomic E-state index is -0.739. The number of benzene rings is 1. The number of rotatable bonds is 2. The first-order chi connectivity index (χ1) is 12.0. The van der Waals surface area contributed by atoms with Crippen molar-refractivity contribution >= 4 is 29.0 Å². The van der Waals surface area contributed by atoms with E-state index in [2.05, 4.69) is 5.16 Å². The van der Waals surface area contributed by atoms with Gasteiger partial charge in [-0.15, -0.1) is 0 Å². The molecule has 138 valence electrons. The van der Waals surface area contributed by atoms with Gasteiger partial charge in [0, 0.05) is 24.6 Å². The number of hydrazine groups is 1. The van der Waals surface area contributed by atoms with Gasteiger partial charge < -0.3 is 4.52 Å². The second kappa shape index (κ2) is 5.70. The van der Waals surface area contributed by atoms with Crippen molar-refractivity contribution in [3.63, 3.8) is 0 Å². The van der Waals surface area contributed by atoms with E-state index in [-0.39, 0.29) is 17.3 Å². The number of urea groups is 1. The number of nitrogens with zero attached hydrogens (tertiary/aromatic N) is 5. The summed E-state index contributed by atoms with van der Waals surface area (Å²) < 4.78 is 5.44. The number of nitro benzene ring substituents is 1. The van der Waals surface area contributed by atoms with Crippen LogP contribution >= 0.6 is 0 Å². The van der Waals surface area contributed by atoms with Gasteiger partial charge in [-0.1, -0.05) is 32.0 Å². The van der Waals surface area contributed by atoms with Crippen molar-refractivity contribution in [2.24, 2.45) is 0 Å². The molecule has 2 heterocycles. The number of carbonyl (C=O) groups is 1. The molecule has 10 heteroatoms. The number of fused-ring (bicyclic) bond motifs is 1. The molecule has 2 aromatic rings. The van der Waals surface area contributed by atoms with Crippen molar-refractivity contribution in [2.75, 3.05) is 17.1 Å². The number of amides is 2. The molecule has 0 atom stereocenters. The standard InChI is InChI=1S/C16H19N5O5/c1-9-6-7-10(21(24)25)8-11(9)19-14-12(20(23)15(22)18(19)5)13(17-26-14)16(2,3)4/h6-8,23H,1-5H3. The van der Waals surface area contributed by atoms with E-state index in [1.165, 1.54) is 24.2 Å². The highest BCUT2D eigenvalue weighted by Gasteiger charge is 2.43. The van der Waals surface area contributed by atoms with Gasteiger partial charge >= 0.3 is 6.03 Å². The van der Waals surface area contributed by atoms with Gasteiger partial charge in [0.25, 0.3) is 11.6 Å². The number of hydrogen-bond acceptors (Lipinski definition) is 7. The van der Waals surface area contributed by atoms with Crippen molar-refractivity contribution in [1.82, 2.24) is 10.2 Å². The molecule has 26 heavy (non-hydrogen) atoms. The Morgan fingerprint density at radius 3 is 2.54 bits per heavy atom. The molecule has 2 amide bonds. The van der Waals surface area contributed by atoms with Gasteiger partial charge in [-0.2, -0.15) is 5.06 Å². The van der Waals surface area contributed by atoms with E-state index < -0.39 is 16.4 Å². The van der Waals surface area contributed by atoms with Gasteiger partial charge in [0.1, 0.15) is 5.69 Å². The number of aryl methyl sites for hydroxylation is 1. The van der Waals surface area contributed by atoms with Gasteiger partial charge in [0.05, 0.1) is 10.6 Å². The summed E-state index contributed by atoms with van der Waals surface area (Å²) in [5, 5.41) is 28.4. The SMILES string of the molecule is Cc1ccc([N+](=O)[O-])cc1N1c2onc(C(C)(C)C)c2N(O)C(=O)N1C. The Bertz CT molecular complexity index is 901. The first-order valence-corrected chi connectivity index (χ1v) is 7.86. The molecular formula is C16H19N5O5. The lowest BCUT2D eigenvalue weighted by Gasteiger charge is -2.38. The summed E-state index contributed by atoms with van der Waals surface area (Å²) in [6.07, 6.45) is 0. The Labute approximate surface area is 149 Å². The first-order valence-electron chi connectivity index (χ1n) is 7.86. The summed E-state index contributed by atoms with van der Waals surface area (Å²) in [6, 6.07) is 3.56. The van der Waals surface area contributed by atoms with E-state index in [0.717, 1.165) is 5.01 Å². The molecule has 1 aromatic heterocycles. The molecule has 3 rings (SSSR count). The van der Waals surface area contributed by atoms with Gasteiger partial charge in [-0.3, -0.25) is 15.3 Å². The van der Waals surface area contributed by atoms with Crippen LogP contribution in [0.4, 0.5) is 27.7 Å². The lowest BCUT2D eigenvalue weighted by Crippen LogP contribution is -2.52. The van der Waals surface area contributed by atoms with E-state index in [9.17, 15) is 20.1 Å². The van der Waals surface area contributed by atoms with Crippen LogP contribution in [0, 0.1) is 17.0 Å². The molecule has 0 spiro atoms. The quantitative estimate of drug-likeness (QED) is 0.494. The maximum atomic E-state index is 12.5. The van der Waals surface area contributed by atoms with Crippen LogP contribution in [0.1, 0.15) is 32.0 Å². The number of nitro groups is 1. The van der Waals surface area contributed by atoms with E-state index in [0.29, 0.717) is 22.0 Å². The zero-order chi connectivity index (χ0) is 19.4. The van der Waals surface area contributed by atoms with Gasteiger partial charge in [0.15, 0.2) is 5.69 Å². The van der Waals surface area contributed by atoms with Crippen molar-refractivity contribution in [2.45, 2.75) is 33.1 Å². The maximum Gasteiger partial charge on any atom is 0.367 e. The van der Waals surface area contributed by atoms with E-state index in [1.54, 1.807) is 13.0 Å². The van der Waals surface area contributed by atoms with Crippen LogP contribution < -0.4 is 10.1 Å². The molecule has 1 aliphatic heterocycles. The van der Waals surface area contributed by atoms with Crippen LogP contribution in [-0.2, 0) is 5.41 Å². The lowest BCUT2D eigenvalue weighted by atomic mass is 9.91. The molecule has 1 aliphatic rings. The molecule has 1 N–H and O–H groups in total. The number of hydrogen-bond donors (Lipinski definition) is 1. The molecule has 0 unspecified atom stereocenters. The zero-order valence-electron chi connectivity index (χ0n) is 15.0. The second-order valence-corrected chi connectivity index (χ2v) is 7.09. The molecule has 1 aromatic carbocycles. The third-order valence-electron chi connectivity index (χ3n) is 4.15. The number of carbonyl (C=O) groups excluding carboxylic acids is 1. The van der Waals surface area contributed by atoms with Crippen molar-refractivity contribution in [3.05, 3.63) is 39.6 Å². The largest absolute Gasteiger partial charge is 0.367 e. The smallest absolute Gasteiger partial charge is 0.334 e. The maximum absolute atomic E-state index is 12.5. The first kappa shape index (κ1) is 17.7. The lowest BCUT2D eigenvalue weighted by molar-refractivity contribution is -0.384. The fourth-order valence-corrected chi connectivity index (χ4v) is 2.76. The van der Waals surface area contributed by atoms with Crippen LogP contribution in [0.25, 0.3) is 0 Å². The predicted molar refractivity (Wildman–Crippen MR) is 92.6 cm³/mol. The second-order valence-electron chi connectivity index (χ2n) is 7.09. The Morgan fingerprint density at radius 1 is 1.31 bits per heavy atom. The van der Waals surface area contributed by atoms with Gasteiger partial charge in [0.2, 0.25) is 0 Å². The minimum absolute atomic E-state index is 0.100. The van der Waals surface area contributed by atoms with E-state index in [1.807, 2.05) is 20.8 Å². The normalized spacial score (nSPS) is 14.7. The van der Waals surface area contributed by atoms with E-state index >= 15 is 0 Å². The number of anilines is 3. The third-order valence-corrected chi connectivity index (χ3v) is 4.15. The monoisotopic (exact) mass is 361 g/mol. The Morgan fingerprint density at radius 2 is 1.96 bits per heavy atom. The molecule has 0 saturated carbocycles. The summed E-state index contributed by atoms with van der Waals surface area (Å²) in [6.45, 7) is 7.35. The summed E-state index contributed by atoms with van der Waals surface area (Å²) >= 11 is 0. The minimum Gasteiger partial charge on any atom is -0.334 e. The molecular weight excluding hydrogens is 342 g/mol. The van der Waals surface area contributed by atoms with Crippen LogP contribution in [0.3, 0.4) is 0 Å². The fourth-order valence-electron chi connectivity index (χ4n) is 2.76.